The molecule has 1 heteroatoms. The van der Waals surface area contributed by atoms with Crippen LogP contribution in [-0.2, 0) is 7.05 Å². The maximum atomic E-state index is 2.30. The molecule has 0 fully saturated rings. The Bertz CT molecular complexity index is 760. The lowest BCUT2D eigenvalue weighted by atomic mass is 9.96. The number of pyridine rings is 1. The predicted octanol–water partition coefficient (Wildman–Crippen LogP) is 4.77. The third kappa shape index (κ3) is 2.55. The Balaban J connectivity index is 2.18. The first-order chi connectivity index (χ1) is 10.6. The van der Waals surface area contributed by atoms with E-state index in [0.29, 0.717) is 0 Å². The number of hydrogen-bond donors (Lipinski definition) is 0. The van der Waals surface area contributed by atoms with Crippen LogP contribution >= 0.6 is 0 Å². The molecular weight excluding hydrogens is 266 g/mol. The van der Waals surface area contributed by atoms with E-state index in [1.807, 2.05) is 0 Å². The second kappa shape index (κ2) is 5.76. The van der Waals surface area contributed by atoms with Gasteiger partial charge in [-0.3, -0.25) is 0 Å². The molecule has 0 atom stereocenters. The molecule has 0 aliphatic heterocycles. The molecular formula is C21H22N+. The van der Waals surface area contributed by atoms with Crippen molar-refractivity contribution in [2.45, 2.75) is 20.8 Å². The first-order valence-corrected chi connectivity index (χ1v) is 7.70. The van der Waals surface area contributed by atoms with Crippen LogP contribution in [0.5, 0.6) is 0 Å². The van der Waals surface area contributed by atoms with Crippen molar-refractivity contribution in [2.24, 2.45) is 7.05 Å². The summed E-state index contributed by atoms with van der Waals surface area (Å²) >= 11 is 0. The lowest BCUT2D eigenvalue weighted by molar-refractivity contribution is -0.660. The molecule has 22 heavy (non-hydrogen) atoms. The van der Waals surface area contributed by atoms with Crippen molar-refractivity contribution >= 4 is 0 Å². The molecule has 2 aromatic carbocycles. The van der Waals surface area contributed by atoms with Crippen molar-refractivity contribution in [3.8, 4) is 22.4 Å². The van der Waals surface area contributed by atoms with Gasteiger partial charge in [-0.05, 0) is 49.1 Å². The molecule has 0 amide bonds. The average molecular weight is 288 g/mol. The van der Waals surface area contributed by atoms with E-state index in [1.54, 1.807) is 0 Å². The highest BCUT2D eigenvalue weighted by atomic mass is 14.9. The SMILES string of the molecule is Cc1ccccc1-c1c[n+](C)c(-c2ccccc2C)cc1C. The zero-order chi connectivity index (χ0) is 15.7. The van der Waals surface area contributed by atoms with Gasteiger partial charge in [-0.1, -0.05) is 42.5 Å². The van der Waals surface area contributed by atoms with E-state index in [2.05, 4.69) is 93.2 Å². The maximum absolute atomic E-state index is 2.30. The van der Waals surface area contributed by atoms with Gasteiger partial charge in [0, 0.05) is 17.2 Å². The van der Waals surface area contributed by atoms with Gasteiger partial charge in [0.2, 0.25) is 5.69 Å². The summed E-state index contributed by atoms with van der Waals surface area (Å²) in [6.45, 7) is 6.54. The second-order valence-corrected chi connectivity index (χ2v) is 6.00. The molecule has 0 unspecified atom stereocenters. The Morgan fingerprint density at radius 1 is 0.636 bits per heavy atom. The van der Waals surface area contributed by atoms with E-state index < -0.39 is 0 Å². The van der Waals surface area contributed by atoms with E-state index in [9.17, 15) is 0 Å². The van der Waals surface area contributed by atoms with Crippen LogP contribution in [0.1, 0.15) is 16.7 Å². The summed E-state index contributed by atoms with van der Waals surface area (Å²) in [7, 11) is 2.13. The van der Waals surface area contributed by atoms with Gasteiger partial charge in [0.1, 0.15) is 7.05 Å². The predicted molar refractivity (Wildman–Crippen MR) is 92.7 cm³/mol. The Morgan fingerprint density at radius 3 is 1.77 bits per heavy atom. The molecule has 0 aliphatic rings. The molecule has 1 aromatic heterocycles. The molecule has 110 valence electrons. The van der Waals surface area contributed by atoms with Crippen molar-refractivity contribution in [3.63, 3.8) is 0 Å². The first-order valence-electron chi connectivity index (χ1n) is 7.70. The van der Waals surface area contributed by atoms with Crippen LogP contribution in [0.2, 0.25) is 0 Å². The van der Waals surface area contributed by atoms with Gasteiger partial charge in [-0.25, -0.2) is 4.57 Å². The van der Waals surface area contributed by atoms with Crippen molar-refractivity contribution in [1.82, 2.24) is 0 Å². The van der Waals surface area contributed by atoms with E-state index in [4.69, 9.17) is 0 Å². The second-order valence-electron chi connectivity index (χ2n) is 6.00. The highest BCUT2D eigenvalue weighted by molar-refractivity contribution is 5.71. The molecule has 1 nitrogen and oxygen atoms in total. The van der Waals surface area contributed by atoms with Crippen LogP contribution in [0.15, 0.2) is 60.8 Å². The van der Waals surface area contributed by atoms with E-state index in [-0.39, 0.29) is 0 Å². The Morgan fingerprint density at radius 2 is 1.18 bits per heavy atom. The number of benzene rings is 2. The molecule has 0 aliphatic carbocycles. The minimum Gasteiger partial charge on any atom is -0.200 e. The molecule has 0 N–H and O–H groups in total. The summed E-state index contributed by atoms with van der Waals surface area (Å²) < 4.78 is 2.23. The van der Waals surface area contributed by atoms with Gasteiger partial charge in [0.05, 0.1) is 0 Å². The summed E-state index contributed by atoms with van der Waals surface area (Å²) in [5, 5.41) is 0. The summed E-state index contributed by atoms with van der Waals surface area (Å²) in [6.07, 6.45) is 2.25. The number of hydrogen-bond acceptors (Lipinski definition) is 0. The topological polar surface area (TPSA) is 3.88 Å². The lowest BCUT2D eigenvalue weighted by Gasteiger charge is -2.11. The molecule has 0 saturated carbocycles. The fraction of sp³-hybridized carbons (Fsp3) is 0.190. The van der Waals surface area contributed by atoms with E-state index >= 15 is 0 Å². The summed E-state index contributed by atoms with van der Waals surface area (Å²) in [5.74, 6) is 0. The van der Waals surface area contributed by atoms with E-state index in [0.717, 1.165) is 0 Å². The first kappa shape index (κ1) is 14.5. The molecule has 0 radical (unpaired) electrons. The molecule has 1 heterocycles. The van der Waals surface area contributed by atoms with Gasteiger partial charge in [-0.2, -0.15) is 0 Å². The molecule has 0 spiro atoms. The molecule has 0 bridgehead atoms. The van der Waals surface area contributed by atoms with Crippen LogP contribution in [0.4, 0.5) is 0 Å². The third-order valence-corrected chi connectivity index (χ3v) is 4.34. The average Bonchev–Trinajstić information content (AvgIpc) is 2.51. The highest BCUT2D eigenvalue weighted by Crippen LogP contribution is 2.28. The number of aromatic nitrogens is 1. The maximum Gasteiger partial charge on any atom is 0.212 e. The zero-order valence-corrected chi connectivity index (χ0v) is 13.7. The van der Waals surface area contributed by atoms with Gasteiger partial charge in [0.15, 0.2) is 6.20 Å². The fourth-order valence-corrected chi connectivity index (χ4v) is 3.03. The largest absolute Gasteiger partial charge is 0.212 e. The van der Waals surface area contributed by atoms with Crippen LogP contribution in [-0.4, -0.2) is 0 Å². The monoisotopic (exact) mass is 288 g/mol. The Labute approximate surface area is 132 Å². The van der Waals surface area contributed by atoms with Gasteiger partial charge >= 0.3 is 0 Å². The van der Waals surface area contributed by atoms with Gasteiger partial charge in [-0.15, -0.1) is 0 Å². The summed E-state index contributed by atoms with van der Waals surface area (Å²) in [6, 6.07) is 19.4. The quantitative estimate of drug-likeness (QED) is 0.598. The van der Waals surface area contributed by atoms with Crippen LogP contribution in [0.25, 0.3) is 22.4 Å². The zero-order valence-electron chi connectivity index (χ0n) is 13.7. The summed E-state index contributed by atoms with van der Waals surface area (Å²) in [5.41, 5.74) is 9.10. The van der Waals surface area contributed by atoms with Crippen LogP contribution < -0.4 is 4.57 Å². The smallest absolute Gasteiger partial charge is 0.200 e. The highest BCUT2D eigenvalue weighted by Gasteiger charge is 2.16. The number of aryl methyl sites for hydroxylation is 4. The number of rotatable bonds is 2. The fourth-order valence-electron chi connectivity index (χ4n) is 3.03. The summed E-state index contributed by atoms with van der Waals surface area (Å²) in [4.78, 5) is 0. The van der Waals surface area contributed by atoms with Crippen LogP contribution in [0.3, 0.4) is 0 Å². The Kier molecular flexibility index (Phi) is 3.81. The van der Waals surface area contributed by atoms with Crippen molar-refractivity contribution in [2.75, 3.05) is 0 Å². The van der Waals surface area contributed by atoms with Crippen molar-refractivity contribution in [3.05, 3.63) is 77.5 Å². The lowest BCUT2D eigenvalue weighted by Crippen LogP contribution is -2.31. The normalized spacial score (nSPS) is 10.7. The molecule has 0 saturated heterocycles. The molecule has 3 aromatic rings. The number of nitrogens with zero attached hydrogens (tertiary/aromatic N) is 1. The molecule has 3 rings (SSSR count). The van der Waals surface area contributed by atoms with Gasteiger partial charge < -0.3 is 0 Å². The minimum absolute atomic E-state index is 1.26. The Hall–Kier alpha value is -2.41. The van der Waals surface area contributed by atoms with Gasteiger partial charge in [0.25, 0.3) is 0 Å². The van der Waals surface area contributed by atoms with Crippen molar-refractivity contribution < 1.29 is 4.57 Å². The standard InChI is InChI=1S/C21H22N/c1-15-9-5-7-11-18(15)20-14-22(4)21(13-17(20)3)19-12-8-6-10-16(19)2/h5-14H,1-4H3/q+1. The van der Waals surface area contributed by atoms with Crippen LogP contribution in [0, 0.1) is 20.8 Å². The third-order valence-electron chi connectivity index (χ3n) is 4.34. The van der Waals surface area contributed by atoms with Crippen molar-refractivity contribution in [1.29, 1.82) is 0 Å². The minimum atomic E-state index is 1.26. The van der Waals surface area contributed by atoms with E-state index in [1.165, 1.54) is 39.1 Å².